The summed E-state index contributed by atoms with van der Waals surface area (Å²) in [7, 11) is 1.63. The van der Waals surface area contributed by atoms with Gasteiger partial charge in [-0.2, -0.15) is 5.26 Å². The molecule has 23 heavy (non-hydrogen) atoms. The molecule has 0 bridgehead atoms. The van der Waals surface area contributed by atoms with Gasteiger partial charge in [0.05, 0.1) is 11.8 Å². The Hall–Kier alpha value is -2.33. The summed E-state index contributed by atoms with van der Waals surface area (Å²) in [4.78, 5) is 17.9. The van der Waals surface area contributed by atoms with E-state index in [-0.39, 0.29) is 11.7 Å². The van der Waals surface area contributed by atoms with Gasteiger partial charge in [0.2, 0.25) is 11.1 Å². The number of rotatable bonds is 5. The van der Waals surface area contributed by atoms with Crippen LogP contribution in [0.3, 0.4) is 0 Å². The number of aryl methyl sites for hydroxylation is 1. The third-order valence-corrected chi connectivity index (χ3v) is 4.43. The van der Waals surface area contributed by atoms with Crippen molar-refractivity contribution in [3.63, 3.8) is 0 Å². The number of amides is 1. The summed E-state index contributed by atoms with van der Waals surface area (Å²) in [5, 5.41) is 16.6. The number of carbonyl (C=O) groups excluding carboxylic acids is 1. The number of aromatic amines is 1. The lowest BCUT2D eigenvalue weighted by atomic mass is 10.1. The minimum absolute atomic E-state index is 0.136. The number of benzene rings is 1. The smallest absolute Gasteiger partial charge is 0.234 e. The molecular weight excluding hydrogens is 310 g/mol. The molecule has 1 aromatic carbocycles. The Morgan fingerprint density at radius 1 is 1.39 bits per heavy atom. The Balaban J connectivity index is 1.99. The van der Waals surface area contributed by atoms with Crippen LogP contribution in [0, 0.1) is 18.3 Å². The van der Waals surface area contributed by atoms with Crippen LogP contribution >= 0.6 is 11.8 Å². The summed E-state index contributed by atoms with van der Waals surface area (Å²) in [5.41, 5.74) is 1.30. The van der Waals surface area contributed by atoms with Crippen molar-refractivity contribution >= 4 is 17.7 Å². The number of nitrogens with zero attached hydrogens (tertiary/aromatic N) is 4. The summed E-state index contributed by atoms with van der Waals surface area (Å²) >= 11 is 1.25. The van der Waals surface area contributed by atoms with Gasteiger partial charge < -0.3 is 4.90 Å². The van der Waals surface area contributed by atoms with Crippen molar-refractivity contribution in [1.29, 1.82) is 5.26 Å². The maximum atomic E-state index is 12.1. The predicted molar refractivity (Wildman–Crippen MR) is 89.7 cm³/mol. The zero-order valence-corrected chi connectivity index (χ0v) is 14.4. The Labute approximate surface area is 139 Å². The molecule has 1 heterocycles. The van der Waals surface area contributed by atoms with Gasteiger partial charge in [-0.05, 0) is 20.8 Å². The van der Waals surface area contributed by atoms with Crippen LogP contribution in [0.15, 0.2) is 29.4 Å². The zero-order valence-electron chi connectivity index (χ0n) is 13.6. The van der Waals surface area contributed by atoms with Crippen molar-refractivity contribution in [3.05, 3.63) is 29.8 Å². The SMILES string of the molecule is Cc1ccc(-c2nc(SCC(=O)N(C)C(C)(C)C#N)n[nH]2)cc1. The normalized spacial score (nSPS) is 11.1. The van der Waals surface area contributed by atoms with E-state index < -0.39 is 5.54 Å². The molecule has 0 radical (unpaired) electrons. The van der Waals surface area contributed by atoms with Gasteiger partial charge in [0.15, 0.2) is 5.82 Å². The van der Waals surface area contributed by atoms with E-state index in [1.807, 2.05) is 31.2 Å². The molecule has 7 heteroatoms. The molecule has 1 amide bonds. The number of nitrogens with one attached hydrogen (secondary N) is 1. The highest BCUT2D eigenvalue weighted by Gasteiger charge is 2.27. The Kier molecular flexibility index (Phi) is 5.06. The highest BCUT2D eigenvalue weighted by Crippen LogP contribution is 2.21. The molecule has 0 spiro atoms. The lowest BCUT2D eigenvalue weighted by Gasteiger charge is -2.28. The summed E-state index contributed by atoms with van der Waals surface area (Å²) in [6.45, 7) is 5.44. The predicted octanol–water partition coefficient (Wildman–Crippen LogP) is 2.63. The summed E-state index contributed by atoms with van der Waals surface area (Å²) in [6.07, 6.45) is 0. The van der Waals surface area contributed by atoms with Crippen LogP contribution in [-0.4, -0.2) is 44.3 Å². The lowest BCUT2D eigenvalue weighted by Crippen LogP contribution is -2.44. The number of carbonyl (C=O) groups is 1. The minimum atomic E-state index is -0.830. The van der Waals surface area contributed by atoms with Crippen molar-refractivity contribution in [2.24, 2.45) is 0 Å². The second-order valence-electron chi connectivity index (χ2n) is 5.74. The van der Waals surface area contributed by atoms with E-state index in [0.29, 0.717) is 11.0 Å². The van der Waals surface area contributed by atoms with Crippen LogP contribution in [-0.2, 0) is 4.79 Å². The fourth-order valence-corrected chi connectivity index (χ4v) is 2.47. The third kappa shape index (κ3) is 4.11. The summed E-state index contributed by atoms with van der Waals surface area (Å²) < 4.78 is 0. The van der Waals surface area contributed by atoms with E-state index in [9.17, 15) is 4.79 Å². The van der Waals surface area contributed by atoms with Gasteiger partial charge in [-0.15, -0.1) is 5.10 Å². The molecule has 0 fully saturated rings. The maximum Gasteiger partial charge on any atom is 0.234 e. The topological polar surface area (TPSA) is 85.7 Å². The molecular formula is C16H19N5OS. The monoisotopic (exact) mass is 329 g/mol. The van der Waals surface area contributed by atoms with Crippen LogP contribution in [0.1, 0.15) is 19.4 Å². The van der Waals surface area contributed by atoms with Crippen LogP contribution < -0.4 is 0 Å². The Morgan fingerprint density at radius 3 is 2.65 bits per heavy atom. The standard InChI is InChI=1S/C16H19N5OS/c1-11-5-7-12(8-6-11)14-18-15(20-19-14)23-9-13(22)21(4)16(2,3)10-17/h5-8H,9H2,1-4H3,(H,18,19,20). The fourth-order valence-electron chi connectivity index (χ4n) is 1.76. The van der Waals surface area contributed by atoms with Gasteiger partial charge in [0.25, 0.3) is 0 Å². The maximum absolute atomic E-state index is 12.1. The van der Waals surface area contributed by atoms with E-state index in [0.717, 1.165) is 5.56 Å². The molecule has 6 nitrogen and oxygen atoms in total. The molecule has 0 atom stereocenters. The number of H-pyrrole nitrogens is 1. The van der Waals surface area contributed by atoms with Crippen LogP contribution in [0.5, 0.6) is 0 Å². The number of hydrogen-bond acceptors (Lipinski definition) is 5. The van der Waals surface area contributed by atoms with Crippen LogP contribution in [0.2, 0.25) is 0 Å². The molecule has 0 saturated carbocycles. The second-order valence-corrected chi connectivity index (χ2v) is 6.69. The van der Waals surface area contributed by atoms with E-state index >= 15 is 0 Å². The van der Waals surface area contributed by atoms with Crippen molar-refractivity contribution < 1.29 is 4.79 Å². The average molecular weight is 329 g/mol. The van der Waals surface area contributed by atoms with Gasteiger partial charge in [-0.3, -0.25) is 9.89 Å². The summed E-state index contributed by atoms with van der Waals surface area (Å²) in [6, 6.07) is 10.1. The largest absolute Gasteiger partial charge is 0.327 e. The average Bonchev–Trinajstić information content (AvgIpc) is 3.01. The van der Waals surface area contributed by atoms with Crippen LogP contribution in [0.4, 0.5) is 0 Å². The molecule has 0 aliphatic carbocycles. The Bertz CT molecular complexity index is 730. The van der Waals surface area contributed by atoms with E-state index in [1.165, 1.54) is 22.2 Å². The van der Waals surface area contributed by atoms with E-state index in [1.54, 1.807) is 20.9 Å². The highest BCUT2D eigenvalue weighted by molar-refractivity contribution is 7.99. The first-order chi connectivity index (χ1) is 10.8. The van der Waals surface area contributed by atoms with Gasteiger partial charge in [0.1, 0.15) is 5.54 Å². The lowest BCUT2D eigenvalue weighted by molar-refractivity contribution is -0.130. The molecule has 0 saturated heterocycles. The van der Waals surface area contributed by atoms with Crippen LogP contribution in [0.25, 0.3) is 11.4 Å². The molecule has 0 aliphatic heterocycles. The quantitative estimate of drug-likeness (QED) is 0.852. The van der Waals surface area contributed by atoms with E-state index in [2.05, 4.69) is 21.3 Å². The van der Waals surface area contributed by atoms with Gasteiger partial charge in [-0.25, -0.2) is 4.98 Å². The molecule has 2 rings (SSSR count). The van der Waals surface area contributed by atoms with Gasteiger partial charge >= 0.3 is 0 Å². The molecule has 0 unspecified atom stereocenters. The minimum Gasteiger partial charge on any atom is -0.327 e. The number of thioether (sulfide) groups is 1. The number of aromatic nitrogens is 3. The molecule has 120 valence electrons. The third-order valence-electron chi connectivity index (χ3n) is 3.60. The first kappa shape index (κ1) is 17.0. The number of nitriles is 1. The summed E-state index contributed by atoms with van der Waals surface area (Å²) in [5.74, 6) is 0.723. The van der Waals surface area contributed by atoms with Crippen molar-refractivity contribution in [1.82, 2.24) is 20.1 Å². The number of hydrogen-bond donors (Lipinski definition) is 1. The first-order valence-corrected chi connectivity index (χ1v) is 8.12. The Morgan fingerprint density at radius 2 is 2.04 bits per heavy atom. The molecule has 1 aromatic heterocycles. The zero-order chi connectivity index (χ0) is 17.0. The van der Waals surface area contributed by atoms with Gasteiger partial charge in [-0.1, -0.05) is 41.6 Å². The second kappa shape index (κ2) is 6.84. The first-order valence-electron chi connectivity index (χ1n) is 7.13. The molecule has 0 aliphatic rings. The van der Waals surface area contributed by atoms with E-state index in [4.69, 9.17) is 5.26 Å². The molecule has 1 N–H and O–H groups in total. The highest BCUT2D eigenvalue weighted by atomic mass is 32.2. The van der Waals surface area contributed by atoms with Crippen molar-refractivity contribution in [3.8, 4) is 17.5 Å². The molecule has 2 aromatic rings. The van der Waals surface area contributed by atoms with Crippen molar-refractivity contribution in [2.45, 2.75) is 31.5 Å². The van der Waals surface area contributed by atoms with Gasteiger partial charge in [0, 0.05) is 12.6 Å². The van der Waals surface area contributed by atoms with Crippen molar-refractivity contribution in [2.75, 3.05) is 12.8 Å². The fraction of sp³-hybridized carbons (Fsp3) is 0.375.